The number of rotatable bonds is 9. The summed E-state index contributed by atoms with van der Waals surface area (Å²) in [6.45, 7) is 2.69. The molecule has 0 bridgehead atoms. The molecule has 0 aromatic carbocycles. The lowest BCUT2D eigenvalue weighted by molar-refractivity contribution is 0.0794. The predicted octanol–water partition coefficient (Wildman–Crippen LogP) is 1.48. The Morgan fingerprint density at radius 1 is 1.47 bits per heavy atom. The second kappa shape index (κ2) is 6.74. The summed E-state index contributed by atoms with van der Waals surface area (Å²) in [6, 6.07) is 2.64. The van der Waals surface area contributed by atoms with Gasteiger partial charge in [-0.3, -0.25) is 0 Å². The lowest BCUT2D eigenvalue weighted by atomic mass is 10.3. The van der Waals surface area contributed by atoms with E-state index in [4.69, 9.17) is 14.0 Å². The quantitative estimate of drug-likeness (QED) is 0.663. The smallest absolute Gasteiger partial charge is 0.162 e. The fourth-order valence-electron chi connectivity index (χ4n) is 1.52. The SMILES string of the molecule is COCCCOCc1cc(CNC2CC2)no1. The summed E-state index contributed by atoms with van der Waals surface area (Å²) in [4.78, 5) is 0. The van der Waals surface area contributed by atoms with Gasteiger partial charge in [-0.25, -0.2) is 0 Å². The van der Waals surface area contributed by atoms with Crippen LogP contribution in [0.2, 0.25) is 0 Å². The number of methoxy groups -OCH3 is 1. The Labute approximate surface area is 101 Å². The molecule has 1 aromatic heterocycles. The molecule has 1 saturated carbocycles. The van der Waals surface area contributed by atoms with E-state index in [9.17, 15) is 0 Å². The molecule has 0 saturated heterocycles. The van der Waals surface area contributed by atoms with Crippen LogP contribution in [-0.4, -0.2) is 31.5 Å². The molecule has 0 amide bonds. The first-order chi connectivity index (χ1) is 8.38. The van der Waals surface area contributed by atoms with Crippen LogP contribution in [0.4, 0.5) is 0 Å². The van der Waals surface area contributed by atoms with E-state index in [1.807, 2.05) is 6.07 Å². The van der Waals surface area contributed by atoms with Gasteiger partial charge in [0.1, 0.15) is 6.61 Å². The van der Waals surface area contributed by atoms with Crippen molar-refractivity contribution in [3.05, 3.63) is 17.5 Å². The van der Waals surface area contributed by atoms with Gasteiger partial charge in [0.15, 0.2) is 5.76 Å². The fourth-order valence-corrected chi connectivity index (χ4v) is 1.52. The first-order valence-corrected chi connectivity index (χ1v) is 6.13. The third-order valence-corrected chi connectivity index (χ3v) is 2.64. The monoisotopic (exact) mass is 240 g/mol. The molecule has 0 atom stereocenters. The van der Waals surface area contributed by atoms with Gasteiger partial charge in [-0.15, -0.1) is 0 Å². The molecule has 0 aliphatic heterocycles. The normalized spacial score (nSPS) is 15.4. The zero-order valence-corrected chi connectivity index (χ0v) is 10.3. The summed E-state index contributed by atoms with van der Waals surface area (Å²) in [5.41, 5.74) is 0.951. The zero-order valence-electron chi connectivity index (χ0n) is 10.3. The average molecular weight is 240 g/mol. The van der Waals surface area contributed by atoms with Crippen molar-refractivity contribution in [1.29, 1.82) is 0 Å². The summed E-state index contributed by atoms with van der Waals surface area (Å²) < 4.78 is 15.6. The van der Waals surface area contributed by atoms with E-state index in [0.29, 0.717) is 19.3 Å². The summed E-state index contributed by atoms with van der Waals surface area (Å²) in [5.74, 6) is 0.787. The number of aromatic nitrogens is 1. The van der Waals surface area contributed by atoms with Gasteiger partial charge >= 0.3 is 0 Å². The number of nitrogens with zero attached hydrogens (tertiary/aromatic N) is 1. The second-order valence-electron chi connectivity index (χ2n) is 4.34. The van der Waals surface area contributed by atoms with Crippen molar-refractivity contribution in [1.82, 2.24) is 10.5 Å². The van der Waals surface area contributed by atoms with E-state index < -0.39 is 0 Å². The molecule has 1 fully saturated rings. The highest BCUT2D eigenvalue weighted by Crippen LogP contribution is 2.19. The molecule has 2 rings (SSSR count). The summed E-state index contributed by atoms with van der Waals surface area (Å²) >= 11 is 0. The van der Waals surface area contributed by atoms with E-state index in [1.54, 1.807) is 7.11 Å². The van der Waals surface area contributed by atoms with Crippen LogP contribution in [0.25, 0.3) is 0 Å². The number of hydrogen-bond donors (Lipinski definition) is 1. The molecule has 5 nitrogen and oxygen atoms in total. The van der Waals surface area contributed by atoms with E-state index in [0.717, 1.165) is 31.0 Å². The Morgan fingerprint density at radius 3 is 3.12 bits per heavy atom. The molecule has 1 aromatic rings. The van der Waals surface area contributed by atoms with E-state index in [1.165, 1.54) is 12.8 Å². The van der Waals surface area contributed by atoms with E-state index in [-0.39, 0.29) is 0 Å². The molecule has 1 aliphatic rings. The Bertz CT molecular complexity index is 323. The minimum absolute atomic E-state index is 0.486. The Morgan fingerprint density at radius 2 is 2.35 bits per heavy atom. The maximum Gasteiger partial charge on any atom is 0.162 e. The van der Waals surface area contributed by atoms with Crippen LogP contribution < -0.4 is 5.32 Å². The van der Waals surface area contributed by atoms with E-state index in [2.05, 4.69) is 10.5 Å². The highest BCUT2D eigenvalue weighted by molar-refractivity contribution is 5.04. The predicted molar refractivity (Wildman–Crippen MR) is 62.5 cm³/mol. The van der Waals surface area contributed by atoms with Gasteiger partial charge in [-0.1, -0.05) is 5.16 Å². The first kappa shape index (κ1) is 12.5. The molecule has 0 spiro atoms. The number of ether oxygens (including phenoxy) is 2. The Balaban J connectivity index is 1.59. The molecule has 17 heavy (non-hydrogen) atoms. The molecule has 0 radical (unpaired) electrons. The standard InChI is InChI=1S/C12H20N2O3/c1-15-5-2-6-16-9-12-7-11(14-17-12)8-13-10-3-4-10/h7,10,13H,2-6,8-9H2,1H3. The van der Waals surface area contributed by atoms with Crippen molar-refractivity contribution in [3.63, 3.8) is 0 Å². The van der Waals surface area contributed by atoms with Gasteiger partial charge in [-0.05, 0) is 19.3 Å². The maximum atomic E-state index is 5.44. The molecule has 1 heterocycles. The minimum atomic E-state index is 0.486. The van der Waals surface area contributed by atoms with Crippen molar-refractivity contribution in [2.24, 2.45) is 0 Å². The molecular formula is C12H20N2O3. The van der Waals surface area contributed by atoms with Gasteiger partial charge in [0.05, 0.1) is 5.69 Å². The maximum absolute atomic E-state index is 5.44. The third-order valence-electron chi connectivity index (χ3n) is 2.64. The van der Waals surface area contributed by atoms with Crippen molar-refractivity contribution in [3.8, 4) is 0 Å². The topological polar surface area (TPSA) is 56.5 Å². The van der Waals surface area contributed by atoms with Crippen molar-refractivity contribution < 1.29 is 14.0 Å². The van der Waals surface area contributed by atoms with Gasteiger partial charge in [-0.2, -0.15) is 0 Å². The van der Waals surface area contributed by atoms with Crippen molar-refractivity contribution >= 4 is 0 Å². The molecular weight excluding hydrogens is 220 g/mol. The average Bonchev–Trinajstić information content (AvgIpc) is 3.06. The Hall–Kier alpha value is -0.910. The zero-order chi connectivity index (χ0) is 11.9. The van der Waals surface area contributed by atoms with Crippen LogP contribution in [0, 0.1) is 0 Å². The van der Waals surface area contributed by atoms with Crippen LogP contribution >= 0.6 is 0 Å². The first-order valence-electron chi connectivity index (χ1n) is 6.13. The largest absolute Gasteiger partial charge is 0.385 e. The van der Waals surface area contributed by atoms with Gasteiger partial charge in [0.25, 0.3) is 0 Å². The summed E-state index contributed by atoms with van der Waals surface area (Å²) in [7, 11) is 1.69. The lowest BCUT2D eigenvalue weighted by Gasteiger charge is -2.00. The number of hydrogen-bond acceptors (Lipinski definition) is 5. The van der Waals surface area contributed by atoms with Crippen LogP contribution in [0.1, 0.15) is 30.7 Å². The fraction of sp³-hybridized carbons (Fsp3) is 0.750. The molecule has 96 valence electrons. The summed E-state index contributed by atoms with van der Waals surface area (Å²) in [5, 5.41) is 7.38. The minimum Gasteiger partial charge on any atom is -0.385 e. The highest BCUT2D eigenvalue weighted by Gasteiger charge is 2.20. The third kappa shape index (κ3) is 4.85. The molecule has 5 heteroatoms. The summed E-state index contributed by atoms with van der Waals surface area (Å²) in [6.07, 6.45) is 3.47. The molecule has 1 N–H and O–H groups in total. The van der Waals surface area contributed by atoms with Crippen LogP contribution in [0.5, 0.6) is 0 Å². The van der Waals surface area contributed by atoms with E-state index >= 15 is 0 Å². The Kier molecular flexibility index (Phi) is 4.97. The highest BCUT2D eigenvalue weighted by atomic mass is 16.5. The van der Waals surface area contributed by atoms with Crippen molar-refractivity contribution in [2.45, 2.75) is 38.5 Å². The second-order valence-corrected chi connectivity index (χ2v) is 4.34. The van der Waals surface area contributed by atoms with Crippen LogP contribution in [0.3, 0.4) is 0 Å². The van der Waals surface area contributed by atoms with Crippen LogP contribution in [-0.2, 0) is 22.6 Å². The van der Waals surface area contributed by atoms with Crippen LogP contribution in [0.15, 0.2) is 10.6 Å². The van der Waals surface area contributed by atoms with Crippen molar-refractivity contribution in [2.75, 3.05) is 20.3 Å². The van der Waals surface area contributed by atoms with Gasteiger partial charge in [0, 0.05) is 39.0 Å². The number of nitrogens with one attached hydrogen (secondary N) is 1. The van der Waals surface area contributed by atoms with Gasteiger partial charge < -0.3 is 19.3 Å². The molecule has 1 aliphatic carbocycles. The molecule has 0 unspecified atom stereocenters. The van der Waals surface area contributed by atoms with Gasteiger partial charge in [0.2, 0.25) is 0 Å². The lowest BCUT2D eigenvalue weighted by Crippen LogP contribution is -2.15.